The van der Waals surface area contributed by atoms with Gasteiger partial charge >= 0.3 is 5.97 Å². The minimum atomic E-state index is -0.800. The van der Waals surface area contributed by atoms with E-state index in [1.54, 1.807) is 0 Å². The molecule has 2 rings (SSSR count). The summed E-state index contributed by atoms with van der Waals surface area (Å²) in [6, 6.07) is 0. The van der Waals surface area contributed by atoms with Crippen molar-refractivity contribution in [2.75, 3.05) is 0 Å². The number of hydrogen-bond donors (Lipinski definition) is 2. The lowest BCUT2D eigenvalue weighted by molar-refractivity contribution is -0.139. The zero-order chi connectivity index (χ0) is 8.55. The summed E-state index contributed by atoms with van der Waals surface area (Å²) in [6.45, 7) is 0. The van der Waals surface area contributed by atoms with Crippen LogP contribution in [0.5, 0.6) is 0 Å². The summed E-state index contributed by atoms with van der Waals surface area (Å²) in [4.78, 5) is 10.8. The zero-order valence-electron chi connectivity index (χ0n) is 6.40. The lowest BCUT2D eigenvalue weighted by Gasteiger charge is -2.05. The highest BCUT2D eigenvalue weighted by molar-refractivity contribution is 5.76. The van der Waals surface area contributed by atoms with Gasteiger partial charge < -0.3 is 5.11 Å². The summed E-state index contributed by atoms with van der Waals surface area (Å²) in [5.74, 6) is -0.984. The molecule has 0 radical (unpaired) electrons. The van der Waals surface area contributed by atoms with Crippen LogP contribution in [0.1, 0.15) is 24.5 Å². The highest BCUT2D eigenvalue weighted by Gasteiger charge is 2.38. The van der Waals surface area contributed by atoms with Crippen LogP contribution in [0.25, 0.3) is 0 Å². The lowest BCUT2D eigenvalue weighted by atomic mass is 10.0. The summed E-state index contributed by atoms with van der Waals surface area (Å²) < 4.78 is 0. The molecule has 1 atom stereocenters. The maximum Gasteiger partial charge on any atom is 0.313 e. The van der Waals surface area contributed by atoms with E-state index in [9.17, 15) is 4.79 Å². The number of hydrogen-bond acceptors (Lipinski definition) is 3. The summed E-state index contributed by atoms with van der Waals surface area (Å²) in [5, 5.41) is 18.7. The molecule has 5 heteroatoms. The Labute approximate surface area is 68.8 Å². The number of aromatic amines is 1. The smallest absolute Gasteiger partial charge is 0.313 e. The van der Waals surface area contributed by atoms with Crippen molar-refractivity contribution in [3.05, 3.63) is 11.9 Å². The van der Waals surface area contributed by atoms with Crippen molar-refractivity contribution in [2.24, 2.45) is 5.92 Å². The van der Waals surface area contributed by atoms with Gasteiger partial charge in [0.25, 0.3) is 0 Å². The predicted molar refractivity (Wildman–Crippen MR) is 39.5 cm³/mol. The van der Waals surface area contributed by atoms with Gasteiger partial charge in [0.15, 0.2) is 0 Å². The van der Waals surface area contributed by atoms with Crippen LogP contribution in [0.15, 0.2) is 6.20 Å². The third kappa shape index (κ3) is 1.17. The predicted octanol–water partition coefficient (Wildman–Crippen LogP) is 0.383. The second-order valence-corrected chi connectivity index (χ2v) is 3.05. The van der Waals surface area contributed by atoms with Crippen LogP contribution < -0.4 is 0 Å². The number of aliphatic carboxylic acids is 1. The number of carboxylic acids is 1. The number of nitrogens with zero attached hydrogens (tertiary/aromatic N) is 2. The molecule has 1 heterocycles. The Balaban J connectivity index is 2.21. The molecule has 1 aliphatic rings. The van der Waals surface area contributed by atoms with E-state index in [0.717, 1.165) is 12.8 Å². The van der Waals surface area contributed by atoms with E-state index < -0.39 is 11.9 Å². The number of rotatable bonds is 3. The number of aromatic nitrogens is 3. The normalized spacial score (nSPS) is 19.0. The van der Waals surface area contributed by atoms with Gasteiger partial charge in [-0.05, 0) is 18.8 Å². The van der Waals surface area contributed by atoms with Gasteiger partial charge in [-0.1, -0.05) is 0 Å². The van der Waals surface area contributed by atoms with Crippen LogP contribution >= 0.6 is 0 Å². The van der Waals surface area contributed by atoms with E-state index in [1.807, 2.05) is 0 Å². The van der Waals surface area contributed by atoms with Crippen molar-refractivity contribution in [2.45, 2.75) is 18.8 Å². The largest absolute Gasteiger partial charge is 0.481 e. The molecule has 1 aromatic rings. The third-order valence-electron chi connectivity index (χ3n) is 2.11. The number of carboxylic acid groups (broad SMARTS) is 1. The van der Waals surface area contributed by atoms with Gasteiger partial charge in [0, 0.05) is 0 Å². The SMILES string of the molecule is O=C(O)C(c1cn[nH]n1)C1CC1. The Morgan fingerprint density at radius 1 is 1.75 bits per heavy atom. The van der Waals surface area contributed by atoms with Gasteiger partial charge in [-0.15, -0.1) is 0 Å². The molecule has 1 aromatic heterocycles. The second kappa shape index (κ2) is 2.58. The average Bonchev–Trinajstić information content (AvgIpc) is 2.65. The maximum atomic E-state index is 10.8. The molecule has 1 saturated carbocycles. The maximum absolute atomic E-state index is 10.8. The fraction of sp³-hybridized carbons (Fsp3) is 0.571. The molecule has 1 aliphatic carbocycles. The first kappa shape index (κ1) is 7.27. The summed E-state index contributed by atoms with van der Waals surface area (Å²) in [7, 11) is 0. The second-order valence-electron chi connectivity index (χ2n) is 3.05. The fourth-order valence-electron chi connectivity index (χ4n) is 1.36. The molecule has 64 valence electrons. The first-order valence-corrected chi connectivity index (χ1v) is 3.87. The van der Waals surface area contributed by atoms with Crippen LogP contribution in [-0.2, 0) is 4.79 Å². The van der Waals surface area contributed by atoms with Gasteiger partial charge in [-0.25, -0.2) is 0 Å². The Kier molecular flexibility index (Phi) is 1.56. The molecule has 12 heavy (non-hydrogen) atoms. The standard InChI is InChI=1S/C7H9N3O2/c11-7(12)6(4-1-2-4)5-3-8-10-9-5/h3-4,6H,1-2H2,(H,11,12)(H,8,9,10). The quantitative estimate of drug-likeness (QED) is 0.682. The average molecular weight is 167 g/mol. The van der Waals surface area contributed by atoms with Crippen molar-refractivity contribution in [3.63, 3.8) is 0 Å². The number of nitrogens with one attached hydrogen (secondary N) is 1. The molecule has 0 aromatic carbocycles. The first-order chi connectivity index (χ1) is 5.79. The number of H-pyrrole nitrogens is 1. The van der Waals surface area contributed by atoms with Crippen molar-refractivity contribution >= 4 is 5.97 Å². The van der Waals surface area contributed by atoms with Gasteiger partial charge in [-0.3, -0.25) is 4.79 Å². The summed E-state index contributed by atoms with van der Waals surface area (Å²) in [5.41, 5.74) is 0.546. The Bertz CT molecular complexity index is 279. The first-order valence-electron chi connectivity index (χ1n) is 3.87. The van der Waals surface area contributed by atoms with Gasteiger partial charge in [0.1, 0.15) is 5.92 Å². The molecular formula is C7H9N3O2. The van der Waals surface area contributed by atoms with Crippen molar-refractivity contribution < 1.29 is 9.90 Å². The molecule has 0 spiro atoms. The molecule has 1 fully saturated rings. The topological polar surface area (TPSA) is 78.9 Å². The highest BCUT2D eigenvalue weighted by Crippen LogP contribution is 2.41. The zero-order valence-corrected chi connectivity index (χ0v) is 6.40. The third-order valence-corrected chi connectivity index (χ3v) is 2.11. The molecule has 0 amide bonds. The lowest BCUT2D eigenvalue weighted by Crippen LogP contribution is -2.13. The molecule has 0 saturated heterocycles. The van der Waals surface area contributed by atoms with Crippen molar-refractivity contribution in [1.82, 2.24) is 15.4 Å². The van der Waals surface area contributed by atoms with E-state index in [4.69, 9.17) is 5.11 Å². The Morgan fingerprint density at radius 3 is 2.92 bits per heavy atom. The highest BCUT2D eigenvalue weighted by atomic mass is 16.4. The van der Waals surface area contributed by atoms with Gasteiger partial charge in [-0.2, -0.15) is 15.4 Å². The molecule has 2 N–H and O–H groups in total. The Morgan fingerprint density at radius 2 is 2.50 bits per heavy atom. The van der Waals surface area contributed by atoms with Crippen molar-refractivity contribution in [1.29, 1.82) is 0 Å². The minimum Gasteiger partial charge on any atom is -0.481 e. The summed E-state index contributed by atoms with van der Waals surface area (Å²) >= 11 is 0. The summed E-state index contributed by atoms with van der Waals surface area (Å²) in [6.07, 6.45) is 3.46. The monoisotopic (exact) mass is 167 g/mol. The van der Waals surface area contributed by atoms with Crippen LogP contribution in [0.2, 0.25) is 0 Å². The number of carbonyl (C=O) groups is 1. The van der Waals surface area contributed by atoms with Crippen LogP contribution in [-0.4, -0.2) is 26.5 Å². The molecule has 5 nitrogen and oxygen atoms in total. The van der Waals surface area contributed by atoms with Crippen LogP contribution in [0.3, 0.4) is 0 Å². The van der Waals surface area contributed by atoms with E-state index >= 15 is 0 Å². The van der Waals surface area contributed by atoms with Gasteiger partial charge in [0.05, 0.1) is 11.9 Å². The Hall–Kier alpha value is -1.39. The van der Waals surface area contributed by atoms with E-state index in [1.165, 1.54) is 6.20 Å². The van der Waals surface area contributed by atoms with Crippen molar-refractivity contribution in [3.8, 4) is 0 Å². The van der Waals surface area contributed by atoms with E-state index in [-0.39, 0.29) is 5.92 Å². The minimum absolute atomic E-state index is 0.271. The molecular weight excluding hydrogens is 158 g/mol. The van der Waals surface area contributed by atoms with E-state index in [2.05, 4.69) is 15.4 Å². The molecule has 0 aliphatic heterocycles. The fourth-order valence-corrected chi connectivity index (χ4v) is 1.36. The van der Waals surface area contributed by atoms with Crippen LogP contribution in [0.4, 0.5) is 0 Å². The van der Waals surface area contributed by atoms with Crippen LogP contribution in [0, 0.1) is 5.92 Å². The molecule has 1 unspecified atom stereocenters. The molecule has 0 bridgehead atoms. The van der Waals surface area contributed by atoms with E-state index in [0.29, 0.717) is 5.69 Å². The van der Waals surface area contributed by atoms with Gasteiger partial charge in [0.2, 0.25) is 0 Å².